The van der Waals surface area contributed by atoms with Crippen LogP contribution in [0.25, 0.3) is 10.9 Å². The summed E-state index contributed by atoms with van der Waals surface area (Å²) in [6.07, 6.45) is 2.49. The predicted molar refractivity (Wildman–Crippen MR) is 88.1 cm³/mol. The number of nitrogens with zero attached hydrogens (tertiary/aromatic N) is 1. The van der Waals surface area contributed by atoms with Crippen LogP contribution in [0.5, 0.6) is 0 Å². The van der Waals surface area contributed by atoms with Gasteiger partial charge >= 0.3 is 0 Å². The van der Waals surface area contributed by atoms with Crippen molar-refractivity contribution < 1.29 is 17.2 Å². The van der Waals surface area contributed by atoms with Gasteiger partial charge in [-0.05, 0) is 36.1 Å². The lowest BCUT2D eigenvalue weighted by atomic mass is 10.2. The Morgan fingerprint density at radius 2 is 1.83 bits per heavy atom. The van der Waals surface area contributed by atoms with Gasteiger partial charge in [0, 0.05) is 30.9 Å². The second-order valence-corrected chi connectivity index (χ2v) is 7.13. The molecule has 3 aromatic rings. The minimum atomic E-state index is -3.99. The molecule has 0 atom stereocenters. The molecule has 1 N–H and O–H groups in total. The van der Waals surface area contributed by atoms with Gasteiger partial charge in [0.15, 0.2) is 0 Å². The van der Waals surface area contributed by atoms with Crippen molar-refractivity contribution in [3.63, 3.8) is 0 Å². The van der Waals surface area contributed by atoms with Gasteiger partial charge < -0.3 is 4.57 Å². The molecule has 0 bridgehead atoms. The molecule has 0 aliphatic rings. The van der Waals surface area contributed by atoms with Crippen molar-refractivity contribution in [1.82, 2.24) is 9.29 Å². The average Bonchev–Trinajstić information content (AvgIpc) is 2.94. The van der Waals surface area contributed by atoms with Gasteiger partial charge in [-0.2, -0.15) is 0 Å². The molecule has 7 heteroatoms. The van der Waals surface area contributed by atoms with Crippen molar-refractivity contribution in [2.45, 2.75) is 17.9 Å². The molecule has 2 aromatic carbocycles. The number of para-hydroxylation sites is 1. The van der Waals surface area contributed by atoms with Crippen LogP contribution in [0.1, 0.15) is 6.42 Å². The van der Waals surface area contributed by atoms with Gasteiger partial charge in [-0.1, -0.05) is 18.2 Å². The lowest BCUT2D eigenvalue weighted by Crippen LogP contribution is -2.26. The van der Waals surface area contributed by atoms with Crippen LogP contribution in [0.4, 0.5) is 8.78 Å². The Morgan fingerprint density at radius 3 is 2.62 bits per heavy atom. The molecule has 0 radical (unpaired) electrons. The summed E-state index contributed by atoms with van der Waals surface area (Å²) in [5.41, 5.74) is 1.07. The zero-order valence-corrected chi connectivity index (χ0v) is 13.6. The van der Waals surface area contributed by atoms with Crippen LogP contribution in [0.2, 0.25) is 0 Å². The number of sulfonamides is 1. The van der Waals surface area contributed by atoms with E-state index in [9.17, 15) is 17.2 Å². The molecule has 1 aromatic heterocycles. The molecule has 0 fully saturated rings. The predicted octanol–water partition coefficient (Wildman–Crippen LogP) is 3.29. The highest BCUT2D eigenvalue weighted by molar-refractivity contribution is 7.89. The van der Waals surface area contributed by atoms with Crippen molar-refractivity contribution in [3.8, 4) is 0 Å². The van der Waals surface area contributed by atoms with E-state index in [4.69, 9.17) is 0 Å². The Balaban J connectivity index is 1.61. The van der Waals surface area contributed by atoms with Gasteiger partial charge in [0.2, 0.25) is 10.0 Å². The molecule has 3 rings (SSSR count). The molecular formula is C17H16F2N2O2S. The largest absolute Gasteiger partial charge is 0.347 e. The highest BCUT2D eigenvalue weighted by Crippen LogP contribution is 2.16. The van der Waals surface area contributed by atoms with E-state index in [1.54, 1.807) is 0 Å². The molecule has 4 nitrogen and oxygen atoms in total. The summed E-state index contributed by atoms with van der Waals surface area (Å²) in [6, 6.07) is 12.3. The molecule has 126 valence electrons. The highest BCUT2D eigenvalue weighted by atomic mass is 32.2. The number of hydrogen-bond acceptors (Lipinski definition) is 2. The van der Waals surface area contributed by atoms with E-state index in [0.29, 0.717) is 19.0 Å². The zero-order valence-electron chi connectivity index (χ0n) is 12.7. The standard InChI is InChI=1S/C17H16F2N2O2S/c18-14-6-7-17(15(19)12-14)24(22,23)20-9-3-10-21-11-8-13-4-1-2-5-16(13)21/h1-2,4-8,11-12,20H,3,9-10H2. The first kappa shape index (κ1) is 16.6. The third kappa shape index (κ3) is 3.47. The molecule has 0 saturated heterocycles. The van der Waals surface area contributed by atoms with E-state index >= 15 is 0 Å². The van der Waals surface area contributed by atoms with Crippen molar-refractivity contribution >= 4 is 20.9 Å². The zero-order chi connectivity index (χ0) is 17.2. The van der Waals surface area contributed by atoms with Crippen molar-refractivity contribution in [2.75, 3.05) is 6.54 Å². The number of benzene rings is 2. The summed E-state index contributed by atoms with van der Waals surface area (Å²) in [6.45, 7) is 0.785. The monoisotopic (exact) mass is 350 g/mol. The maximum atomic E-state index is 13.6. The van der Waals surface area contributed by atoms with E-state index in [1.165, 1.54) is 0 Å². The minimum absolute atomic E-state index is 0.158. The molecule has 0 aliphatic heterocycles. The van der Waals surface area contributed by atoms with Crippen LogP contribution in [0.3, 0.4) is 0 Å². The second-order valence-electron chi connectivity index (χ2n) is 5.39. The summed E-state index contributed by atoms with van der Waals surface area (Å²) < 4.78 is 54.9. The minimum Gasteiger partial charge on any atom is -0.347 e. The normalized spacial score (nSPS) is 11.9. The fourth-order valence-corrected chi connectivity index (χ4v) is 3.69. The summed E-state index contributed by atoms with van der Waals surface area (Å²) in [5, 5.41) is 1.12. The van der Waals surface area contributed by atoms with Crippen molar-refractivity contribution in [3.05, 3.63) is 66.4 Å². The Labute approximate surface area is 138 Å². The number of aromatic nitrogens is 1. The summed E-state index contributed by atoms with van der Waals surface area (Å²) in [4.78, 5) is -0.546. The van der Waals surface area contributed by atoms with Gasteiger partial charge in [-0.25, -0.2) is 21.9 Å². The summed E-state index contributed by atoms with van der Waals surface area (Å²) >= 11 is 0. The Hall–Kier alpha value is -2.25. The highest BCUT2D eigenvalue weighted by Gasteiger charge is 2.18. The van der Waals surface area contributed by atoms with E-state index in [2.05, 4.69) is 4.72 Å². The fraction of sp³-hybridized carbons (Fsp3) is 0.176. The molecular weight excluding hydrogens is 334 g/mol. The first-order valence-corrected chi connectivity index (χ1v) is 8.94. The van der Waals surface area contributed by atoms with Crippen LogP contribution in [0, 0.1) is 11.6 Å². The Bertz CT molecular complexity index is 968. The number of fused-ring (bicyclic) bond motifs is 1. The molecule has 0 unspecified atom stereocenters. The quantitative estimate of drug-likeness (QED) is 0.694. The van der Waals surface area contributed by atoms with Crippen LogP contribution in [0.15, 0.2) is 59.6 Å². The average molecular weight is 350 g/mol. The van der Waals surface area contributed by atoms with E-state index in [-0.39, 0.29) is 6.54 Å². The third-order valence-corrected chi connectivity index (χ3v) is 5.23. The van der Waals surface area contributed by atoms with Gasteiger partial charge in [0.25, 0.3) is 0 Å². The van der Waals surface area contributed by atoms with E-state index in [1.807, 2.05) is 41.1 Å². The molecule has 0 saturated carbocycles. The first-order chi connectivity index (χ1) is 11.5. The van der Waals surface area contributed by atoms with Crippen LogP contribution in [-0.4, -0.2) is 19.5 Å². The molecule has 0 aliphatic carbocycles. The van der Waals surface area contributed by atoms with Gasteiger partial charge in [-0.15, -0.1) is 0 Å². The second kappa shape index (κ2) is 6.70. The number of hydrogen-bond donors (Lipinski definition) is 1. The van der Waals surface area contributed by atoms with Gasteiger partial charge in [0.05, 0.1) is 0 Å². The lowest BCUT2D eigenvalue weighted by molar-refractivity contribution is 0.540. The molecule has 0 amide bonds. The number of rotatable bonds is 6. The first-order valence-electron chi connectivity index (χ1n) is 7.46. The maximum Gasteiger partial charge on any atom is 0.243 e. The molecule has 24 heavy (non-hydrogen) atoms. The summed E-state index contributed by atoms with van der Waals surface area (Å²) in [5.74, 6) is -1.91. The number of halogens is 2. The van der Waals surface area contributed by atoms with Crippen molar-refractivity contribution in [1.29, 1.82) is 0 Å². The Kier molecular flexibility index (Phi) is 4.64. The topological polar surface area (TPSA) is 51.1 Å². The fourth-order valence-electron chi connectivity index (χ4n) is 2.56. The number of nitrogens with one attached hydrogen (secondary N) is 1. The maximum absolute atomic E-state index is 13.6. The van der Waals surface area contributed by atoms with Gasteiger partial charge in [-0.3, -0.25) is 0 Å². The number of aryl methyl sites for hydroxylation is 1. The van der Waals surface area contributed by atoms with E-state index < -0.39 is 26.6 Å². The van der Waals surface area contributed by atoms with Crippen LogP contribution in [-0.2, 0) is 16.6 Å². The SMILES string of the molecule is O=S(=O)(NCCCn1ccc2ccccc21)c1ccc(F)cc1F. The van der Waals surface area contributed by atoms with Gasteiger partial charge in [0.1, 0.15) is 16.5 Å². The molecule has 1 heterocycles. The Morgan fingerprint density at radius 1 is 1.04 bits per heavy atom. The molecule has 0 spiro atoms. The summed E-state index contributed by atoms with van der Waals surface area (Å²) in [7, 11) is -3.99. The lowest BCUT2D eigenvalue weighted by Gasteiger charge is -2.09. The van der Waals surface area contributed by atoms with E-state index in [0.717, 1.165) is 23.0 Å². The van der Waals surface area contributed by atoms with Crippen LogP contribution >= 0.6 is 0 Å². The van der Waals surface area contributed by atoms with Crippen molar-refractivity contribution in [2.24, 2.45) is 0 Å². The smallest absolute Gasteiger partial charge is 0.243 e. The third-order valence-electron chi connectivity index (χ3n) is 3.73. The van der Waals surface area contributed by atoms with Crippen LogP contribution < -0.4 is 4.72 Å².